The Morgan fingerprint density at radius 3 is 2.35 bits per heavy atom. The van der Waals surface area contributed by atoms with Gasteiger partial charge in [0.15, 0.2) is 5.13 Å². The van der Waals surface area contributed by atoms with E-state index in [0.717, 1.165) is 47.7 Å². The lowest BCUT2D eigenvalue weighted by atomic mass is 10.0. The average Bonchev–Trinajstić information content (AvgIpc) is 3.14. The fourth-order valence-corrected chi connectivity index (χ4v) is 6.50. The third-order valence-corrected chi connectivity index (χ3v) is 8.78. The second-order valence-electron chi connectivity index (χ2n) is 8.36. The number of nitrogens with one attached hydrogen (secondary N) is 1. The minimum atomic E-state index is -3.54. The Morgan fingerprint density at radius 2 is 1.59 bits per heavy atom. The Labute approximate surface area is 203 Å². The molecule has 1 N–H and O–H groups in total. The molecule has 2 heterocycles. The number of amides is 1. The molecule has 1 amide bonds. The number of carbonyl (C=O) groups is 1. The van der Waals surface area contributed by atoms with Gasteiger partial charge >= 0.3 is 0 Å². The molecule has 174 valence electrons. The highest BCUT2D eigenvalue weighted by Gasteiger charge is 2.25. The minimum Gasteiger partial charge on any atom is -0.298 e. The normalized spacial score (nSPS) is 15.2. The highest BCUT2D eigenvalue weighted by Crippen LogP contribution is 2.31. The van der Waals surface area contributed by atoms with Gasteiger partial charge in [-0.15, -0.1) is 11.3 Å². The third-order valence-electron chi connectivity index (χ3n) is 6.11. The lowest BCUT2D eigenvalue weighted by molar-refractivity contribution is 0.102. The van der Waals surface area contributed by atoms with Crippen molar-refractivity contribution in [2.75, 3.05) is 18.4 Å². The quantitative estimate of drug-likeness (QED) is 0.384. The van der Waals surface area contributed by atoms with Crippen LogP contribution < -0.4 is 5.32 Å². The van der Waals surface area contributed by atoms with Gasteiger partial charge in [0.05, 0.1) is 10.6 Å². The molecule has 1 fully saturated rings. The molecule has 0 atom stereocenters. The second kappa shape index (κ2) is 9.66. The largest absolute Gasteiger partial charge is 0.298 e. The summed E-state index contributed by atoms with van der Waals surface area (Å²) < 4.78 is 27.5. The molecule has 5 rings (SSSR count). The number of sulfonamides is 1. The van der Waals surface area contributed by atoms with Crippen LogP contribution in [0.3, 0.4) is 0 Å². The number of anilines is 1. The Kier molecular flexibility index (Phi) is 6.45. The predicted octanol–water partition coefficient (Wildman–Crippen LogP) is 5.78. The van der Waals surface area contributed by atoms with Crippen LogP contribution in [0, 0.1) is 0 Å². The van der Waals surface area contributed by atoms with Crippen LogP contribution in [0.2, 0.25) is 0 Å². The number of thiazole rings is 1. The zero-order chi connectivity index (χ0) is 23.5. The molecule has 0 spiro atoms. The number of fused-ring (bicyclic) bond motifs is 1. The maximum absolute atomic E-state index is 13.0. The molecule has 8 heteroatoms. The molecule has 0 unspecified atom stereocenters. The van der Waals surface area contributed by atoms with Crippen LogP contribution in [-0.2, 0) is 10.0 Å². The monoisotopic (exact) mass is 491 g/mol. The van der Waals surface area contributed by atoms with Crippen LogP contribution in [0.4, 0.5) is 5.13 Å². The van der Waals surface area contributed by atoms with E-state index in [1.54, 1.807) is 16.4 Å². The van der Waals surface area contributed by atoms with Gasteiger partial charge in [-0.05, 0) is 47.9 Å². The molecule has 1 aromatic heterocycles. The Hall–Kier alpha value is -3.07. The zero-order valence-corrected chi connectivity index (χ0v) is 20.2. The van der Waals surface area contributed by atoms with Crippen molar-refractivity contribution in [3.63, 3.8) is 0 Å². The molecule has 6 nitrogen and oxygen atoms in total. The molecule has 0 aliphatic carbocycles. The van der Waals surface area contributed by atoms with Crippen LogP contribution in [0.1, 0.15) is 36.0 Å². The first-order valence-corrected chi connectivity index (χ1v) is 13.7. The van der Waals surface area contributed by atoms with Crippen LogP contribution in [0.5, 0.6) is 0 Å². The van der Waals surface area contributed by atoms with E-state index in [4.69, 9.17) is 0 Å². The van der Waals surface area contributed by atoms with E-state index in [-0.39, 0.29) is 10.8 Å². The number of rotatable bonds is 5. The smallest absolute Gasteiger partial charge is 0.257 e. The summed E-state index contributed by atoms with van der Waals surface area (Å²) in [4.78, 5) is 17.6. The van der Waals surface area contributed by atoms with E-state index in [9.17, 15) is 13.2 Å². The standard InChI is InChI=1S/C26H25N3O3S2/c30-25(20-12-14-21(15-13-20)34(31,32)29-16-5-1-2-6-17-29)28-26-27-24(18-33-26)23-11-7-9-19-8-3-4-10-22(19)23/h3-4,7-15,18H,1-2,5-6,16-17H2,(H,27,28,30). The second-order valence-corrected chi connectivity index (χ2v) is 11.2. The van der Waals surface area contributed by atoms with Crippen LogP contribution >= 0.6 is 11.3 Å². The van der Waals surface area contributed by atoms with Crippen molar-refractivity contribution in [1.82, 2.24) is 9.29 Å². The van der Waals surface area contributed by atoms with Crippen molar-refractivity contribution in [3.05, 3.63) is 77.7 Å². The molecule has 0 radical (unpaired) electrons. The molecule has 34 heavy (non-hydrogen) atoms. The van der Waals surface area contributed by atoms with Gasteiger partial charge in [-0.3, -0.25) is 10.1 Å². The van der Waals surface area contributed by atoms with Crippen molar-refractivity contribution in [2.24, 2.45) is 0 Å². The summed E-state index contributed by atoms with van der Waals surface area (Å²) in [5.41, 5.74) is 2.20. The first-order valence-electron chi connectivity index (χ1n) is 11.4. The molecule has 1 aliphatic heterocycles. The lowest BCUT2D eigenvalue weighted by Gasteiger charge is -2.20. The number of hydrogen-bond donors (Lipinski definition) is 1. The van der Waals surface area contributed by atoms with Gasteiger partial charge in [-0.2, -0.15) is 4.31 Å². The molecular weight excluding hydrogens is 466 g/mol. The summed E-state index contributed by atoms with van der Waals surface area (Å²) in [7, 11) is -3.54. The summed E-state index contributed by atoms with van der Waals surface area (Å²) in [6, 6.07) is 20.3. The SMILES string of the molecule is O=C(Nc1nc(-c2cccc3ccccc23)cs1)c1ccc(S(=O)(=O)N2CCCCCC2)cc1. The van der Waals surface area contributed by atoms with Gasteiger partial charge in [0.25, 0.3) is 5.91 Å². The number of nitrogens with zero attached hydrogens (tertiary/aromatic N) is 2. The van der Waals surface area contributed by atoms with Crippen LogP contribution in [0.25, 0.3) is 22.0 Å². The molecule has 3 aromatic carbocycles. The molecule has 1 saturated heterocycles. The van der Waals surface area contributed by atoms with Gasteiger partial charge in [0, 0.05) is 29.6 Å². The van der Waals surface area contributed by atoms with Gasteiger partial charge in [0.1, 0.15) is 0 Å². The predicted molar refractivity (Wildman–Crippen MR) is 137 cm³/mol. The van der Waals surface area contributed by atoms with Crippen molar-refractivity contribution in [2.45, 2.75) is 30.6 Å². The highest BCUT2D eigenvalue weighted by molar-refractivity contribution is 7.89. The first-order chi connectivity index (χ1) is 16.5. The Morgan fingerprint density at radius 1 is 0.882 bits per heavy atom. The summed E-state index contributed by atoms with van der Waals surface area (Å²) in [5, 5.41) is 7.49. The third kappa shape index (κ3) is 4.61. The topological polar surface area (TPSA) is 79.4 Å². The maximum Gasteiger partial charge on any atom is 0.257 e. The zero-order valence-electron chi connectivity index (χ0n) is 18.6. The van der Waals surface area contributed by atoms with Crippen molar-refractivity contribution in [3.8, 4) is 11.3 Å². The highest BCUT2D eigenvalue weighted by atomic mass is 32.2. The molecule has 1 aliphatic rings. The first kappa shape index (κ1) is 22.7. The van der Waals surface area contributed by atoms with E-state index in [1.807, 2.05) is 29.6 Å². The number of hydrogen-bond acceptors (Lipinski definition) is 5. The van der Waals surface area contributed by atoms with Gasteiger partial charge in [-0.1, -0.05) is 55.3 Å². The molecule has 4 aromatic rings. The van der Waals surface area contributed by atoms with Crippen molar-refractivity contribution < 1.29 is 13.2 Å². The maximum atomic E-state index is 13.0. The Balaban J connectivity index is 1.31. The van der Waals surface area contributed by atoms with E-state index < -0.39 is 10.0 Å². The summed E-state index contributed by atoms with van der Waals surface area (Å²) in [6.45, 7) is 1.10. The lowest BCUT2D eigenvalue weighted by Crippen LogP contribution is -2.31. The number of carbonyl (C=O) groups excluding carboxylic acids is 1. The minimum absolute atomic E-state index is 0.221. The van der Waals surface area contributed by atoms with E-state index in [2.05, 4.69) is 28.5 Å². The van der Waals surface area contributed by atoms with Crippen molar-refractivity contribution >= 4 is 43.2 Å². The van der Waals surface area contributed by atoms with Gasteiger partial charge < -0.3 is 0 Å². The number of aromatic nitrogens is 1. The van der Waals surface area contributed by atoms with E-state index in [0.29, 0.717) is 23.8 Å². The molecular formula is C26H25N3O3S2. The average molecular weight is 492 g/mol. The summed E-state index contributed by atoms with van der Waals surface area (Å²) in [6.07, 6.45) is 3.89. The van der Waals surface area contributed by atoms with Crippen LogP contribution in [0.15, 0.2) is 77.0 Å². The Bertz CT molecular complexity index is 1420. The molecule has 0 saturated carbocycles. The van der Waals surface area contributed by atoms with Gasteiger partial charge in [-0.25, -0.2) is 13.4 Å². The van der Waals surface area contributed by atoms with E-state index >= 15 is 0 Å². The molecule has 0 bridgehead atoms. The summed E-state index contributed by atoms with van der Waals surface area (Å²) >= 11 is 1.36. The fraction of sp³-hybridized carbons (Fsp3) is 0.231. The fourth-order valence-electron chi connectivity index (χ4n) is 4.28. The van der Waals surface area contributed by atoms with Crippen LogP contribution in [-0.4, -0.2) is 36.7 Å². The van der Waals surface area contributed by atoms with Crippen molar-refractivity contribution in [1.29, 1.82) is 0 Å². The van der Waals surface area contributed by atoms with E-state index in [1.165, 1.54) is 23.5 Å². The van der Waals surface area contributed by atoms with Gasteiger partial charge in [0.2, 0.25) is 10.0 Å². The number of benzene rings is 3. The summed E-state index contributed by atoms with van der Waals surface area (Å²) in [5.74, 6) is -0.322.